The van der Waals surface area contributed by atoms with Crippen molar-refractivity contribution in [2.45, 2.75) is 18.8 Å². The van der Waals surface area contributed by atoms with Crippen molar-refractivity contribution >= 4 is 21.7 Å². The van der Waals surface area contributed by atoms with E-state index >= 15 is 0 Å². The molecule has 1 aromatic heterocycles. The van der Waals surface area contributed by atoms with Gasteiger partial charge in [0.25, 0.3) is 0 Å². The lowest BCUT2D eigenvalue weighted by molar-refractivity contribution is 0.0494. The molecule has 5 nitrogen and oxygen atoms in total. The zero-order valence-electron chi connectivity index (χ0n) is 9.53. The van der Waals surface area contributed by atoms with Gasteiger partial charge in [0.2, 0.25) is 0 Å². The summed E-state index contributed by atoms with van der Waals surface area (Å²) in [7, 11) is 0. The number of ether oxygens (including phenoxy) is 1. The Hall–Kier alpha value is -0.720. The van der Waals surface area contributed by atoms with Crippen molar-refractivity contribution in [3.8, 4) is 0 Å². The Labute approximate surface area is 109 Å². The third kappa shape index (κ3) is 2.94. The Balaban J connectivity index is 1.72. The number of hydrogen-bond donors (Lipinski definition) is 1. The molecule has 0 aromatic carbocycles. The van der Waals surface area contributed by atoms with Crippen LogP contribution in [0.2, 0.25) is 0 Å². The van der Waals surface area contributed by atoms with Crippen LogP contribution in [0.4, 0.5) is 5.82 Å². The van der Waals surface area contributed by atoms with Crippen LogP contribution >= 0.6 is 15.9 Å². The summed E-state index contributed by atoms with van der Waals surface area (Å²) >= 11 is 3.44. The smallest absolute Gasteiger partial charge is 0.145 e. The molecule has 0 radical (unpaired) electrons. The molecular formula is C11H15BrN4O. The predicted octanol–water partition coefficient (Wildman–Crippen LogP) is 1.78. The number of nitrogens with zero attached hydrogens (tertiary/aromatic N) is 3. The van der Waals surface area contributed by atoms with Crippen LogP contribution in [0.1, 0.15) is 24.6 Å². The molecule has 1 aromatic rings. The first-order valence-corrected chi connectivity index (χ1v) is 6.74. The lowest BCUT2D eigenvalue weighted by Crippen LogP contribution is -2.40. The summed E-state index contributed by atoms with van der Waals surface area (Å²) in [6.07, 6.45) is 2.43. The molecule has 2 fully saturated rings. The van der Waals surface area contributed by atoms with E-state index in [4.69, 9.17) is 4.74 Å². The topological polar surface area (TPSA) is 50.3 Å². The summed E-state index contributed by atoms with van der Waals surface area (Å²) in [4.78, 5) is 8.97. The van der Waals surface area contributed by atoms with Crippen molar-refractivity contribution in [3.63, 3.8) is 0 Å². The molecule has 0 atom stereocenters. The average Bonchev–Trinajstić information content (AvgIpc) is 3.13. The Morgan fingerprint density at radius 3 is 2.76 bits per heavy atom. The summed E-state index contributed by atoms with van der Waals surface area (Å²) in [6, 6.07) is 1.92. The highest BCUT2D eigenvalue weighted by atomic mass is 79.9. The van der Waals surface area contributed by atoms with Gasteiger partial charge in [-0.3, -0.25) is 0 Å². The molecule has 1 N–H and O–H groups in total. The molecule has 2 heterocycles. The number of aromatic nitrogens is 2. The molecule has 92 valence electrons. The fourth-order valence-corrected chi connectivity index (χ4v) is 2.25. The van der Waals surface area contributed by atoms with Crippen molar-refractivity contribution < 1.29 is 4.74 Å². The standard InChI is InChI=1S/C11H15BrN4O/c12-9-7-10(14-11(13-9)8-1-2-8)15-16-3-5-17-6-4-16/h7-8H,1-6H2,(H,13,14,15). The molecule has 0 bridgehead atoms. The fraction of sp³-hybridized carbons (Fsp3) is 0.636. The fourth-order valence-electron chi connectivity index (χ4n) is 1.85. The Kier molecular flexibility index (Phi) is 3.26. The minimum absolute atomic E-state index is 0.567. The first-order valence-electron chi connectivity index (χ1n) is 5.95. The normalized spacial score (nSPS) is 21.5. The van der Waals surface area contributed by atoms with E-state index < -0.39 is 0 Å². The van der Waals surface area contributed by atoms with Crippen molar-refractivity contribution in [1.82, 2.24) is 15.0 Å². The second-order valence-electron chi connectivity index (χ2n) is 4.42. The highest BCUT2D eigenvalue weighted by Crippen LogP contribution is 2.38. The summed E-state index contributed by atoms with van der Waals surface area (Å²) < 4.78 is 6.16. The monoisotopic (exact) mass is 298 g/mol. The first kappa shape index (κ1) is 11.4. The first-order chi connectivity index (χ1) is 8.31. The van der Waals surface area contributed by atoms with Gasteiger partial charge in [-0.2, -0.15) is 0 Å². The summed E-state index contributed by atoms with van der Waals surface area (Å²) in [5.41, 5.74) is 3.32. The van der Waals surface area contributed by atoms with Gasteiger partial charge >= 0.3 is 0 Å². The predicted molar refractivity (Wildman–Crippen MR) is 67.7 cm³/mol. The molecule has 1 saturated carbocycles. The molecule has 17 heavy (non-hydrogen) atoms. The number of morpholine rings is 1. The van der Waals surface area contributed by atoms with Gasteiger partial charge in [0.05, 0.1) is 13.2 Å². The Morgan fingerprint density at radius 2 is 2.06 bits per heavy atom. The Bertz CT molecular complexity index is 404. The second kappa shape index (κ2) is 4.88. The lowest BCUT2D eigenvalue weighted by Gasteiger charge is -2.27. The van der Waals surface area contributed by atoms with E-state index in [1.807, 2.05) is 6.07 Å². The molecule has 0 unspecified atom stereocenters. The second-order valence-corrected chi connectivity index (χ2v) is 5.23. The minimum Gasteiger partial charge on any atom is -0.379 e. The minimum atomic E-state index is 0.567. The number of hydrogen-bond acceptors (Lipinski definition) is 5. The maximum atomic E-state index is 5.31. The van der Waals surface area contributed by atoms with Gasteiger partial charge in [0, 0.05) is 25.1 Å². The zero-order valence-corrected chi connectivity index (χ0v) is 11.1. The van der Waals surface area contributed by atoms with Crippen molar-refractivity contribution in [1.29, 1.82) is 0 Å². The zero-order chi connectivity index (χ0) is 11.7. The average molecular weight is 299 g/mol. The molecule has 1 aliphatic heterocycles. The molecule has 6 heteroatoms. The number of anilines is 1. The van der Waals surface area contributed by atoms with Crippen molar-refractivity contribution in [2.24, 2.45) is 0 Å². The van der Waals surface area contributed by atoms with Crippen LogP contribution < -0.4 is 5.43 Å². The summed E-state index contributed by atoms with van der Waals surface area (Å²) in [5.74, 6) is 2.39. The molecule has 1 saturated heterocycles. The summed E-state index contributed by atoms with van der Waals surface area (Å²) in [6.45, 7) is 3.32. The highest BCUT2D eigenvalue weighted by molar-refractivity contribution is 9.10. The quantitative estimate of drug-likeness (QED) is 0.862. The van der Waals surface area contributed by atoms with Gasteiger partial charge in [-0.1, -0.05) is 0 Å². The molecule has 2 aliphatic rings. The molecule has 0 amide bonds. The van der Waals surface area contributed by atoms with Gasteiger partial charge < -0.3 is 10.2 Å². The van der Waals surface area contributed by atoms with Gasteiger partial charge in [-0.05, 0) is 28.8 Å². The van der Waals surface area contributed by atoms with Gasteiger partial charge in [0.15, 0.2) is 0 Å². The molecule has 3 rings (SSSR count). The van der Waals surface area contributed by atoms with E-state index in [0.29, 0.717) is 5.92 Å². The third-order valence-electron chi connectivity index (χ3n) is 2.94. The van der Waals surface area contributed by atoms with Crippen LogP contribution in [0, 0.1) is 0 Å². The summed E-state index contributed by atoms with van der Waals surface area (Å²) in [5, 5.41) is 2.13. The van der Waals surface area contributed by atoms with Crippen LogP contribution in [0.25, 0.3) is 0 Å². The van der Waals surface area contributed by atoms with E-state index in [1.165, 1.54) is 12.8 Å². The Morgan fingerprint density at radius 1 is 1.29 bits per heavy atom. The molecule has 0 spiro atoms. The number of hydrazine groups is 1. The van der Waals surface area contributed by atoms with Gasteiger partial charge in [-0.15, -0.1) is 0 Å². The number of rotatable bonds is 3. The van der Waals surface area contributed by atoms with E-state index in [2.05, 4.69) is 36.3 Å². The van der Waals surface area contributed by atoms with Crippen LogP contribution in [0.15, 0.2) is 10.7 Å². The van der Waals surface area contributed by atoms with E-state index in [9.17, 15) is 0 Å². The number of halogens is 1. The van der Waals surface area contributed by atoms with Crippen LogP contribution in [-0.2, 0) is 4.74 Å². The molecular weight excluding hydrogens is 284 g/mol. The number of nitrogens with one attached hydrogen (secondary N) is 1. The largest absolute Gasteiger partial charge is 0.379 e. The van der Waals surface area contributed by atoms with Crippen LogP contribution in [-0.4, -0.2) is 41.3 Å². The van der Waals surface area contributed by atoms with Gasteiger partial charge in [-0.25, -0.2) is 15.0 Å². The third-order valence-corrected chi connectivity index (χ3v) is 3.34. The maximum Gasteiger partial charge on any atom is 0.145 e. The maximum absolute atomic E-state index is 5.31. The van der Waals surface area contributed by atoms with Crippen molar-refractivity contribution in [3.05, 3.63) is 16.5 Å². The highest BCUT2D eigenvalue weighted by Gasteiger charge is 2.27. The van der Waals surface area contributed by atoms with E-state index in [1.54, 1.807) is 0 Å². The SMILES string of the molecule is Brc1cc(NN2CCOCC2)nc(C2CC2)n1. The van der Waals surface area contributed by atoms with Crippen molar-refractivity contribution in [2.75, 3.05) is 31.7 Å². The molecule has 1 aliphatic carbocycles. The lowest BCUT2D eigenvalue weighted by atomic mass is 10.4. The van der Waals surface area contributed by atoms with Gasteiger partial charge in [0.1, 0.15) is 16.2 Å². The van der Waals surface area contributed by atoms with E-state index in [-0.39, 0.29) is 0 Å². The van der Waals surface area contributed by atoms with Crippen LogP contribution in [0.5, 0.6) is 0 Å². The van der Waals surface area contributed by atoms with Crippen LogP contribution in [0.3, 0.4) is 0 Å². The van der Waals surface area contributed by atoms with E-state index in [0.717, 1.165) is 42.5 Å².